The summed E-state index contributed by atoms with van der Waals surface area (Å²) in [7, 11) is 1.29. The number of carbonyl (C=O) groups is 1. The van der Waals surface area contributed by atoms with Crippen molar-refractivity contribution in [2.45, 2.75) is 13.3 Å². The zero-order valence-corrected chi connectivity index (χ0v) is 9.59. The second-order valence-corrected chi connectivity index (χ2v) is 3.72. The lowest BCUT2D eigenvalue weighted by molar-refractivity contribution is 0.0597. The molecular formula is C10H11BrO3. The van der Waals surface area contributed by atoms with Gasteiger partial charge in [0.05, 0.1) is 7.11 Å². The van der Waals surface area contributed by atoms with Gasteiger partial charge in [-0.3, -0.25) is 0 Å². The zero-order chi connectivity index (χ0) is 10.7. The molecule has 1 N–H and O–H groups in total. The van der Waals surface area contributed by atoms with Gasteiger partial charge in [-0.25, -0.2) is 4.79 Å². The molecule has 0 amide bonds. The Morgan fingerprint density at radius 2 is 2.21 bits per heavy atom. The molecule has 0 spiro atoms. The molecule has 0 aliphatic heterocycles. The van der Waals surface area contributed by atoms with Crippen molar-refractivity contribution in [1.82, 2.24) is 0 Å². The van der Waals surface area contributed by atoms with Crippen molar-refractivity contribution in [2.75, 3.05) is 7.11 Å². The molecule has 0 radical (unpaired) electrons. The Kier molecular flexibility index (Phi) is 3.52. The van der Waals surface area contributed by atoms with Crippen molar-refractivity contribution in [3.63, 3.8) is 0 Å². The van der Waals surface area contributed by atoms with E-state index < -0.39 is 5.97 Å². The standard InChI is InChI=1S/C10H11BrO3/c1-3-6-4-7(11)5-8(9(6)12)10(13)14-2/h4-5,12H,3H2,1-2H3. The van der Waals surface area contributed by atoms with E-state index in [1.807, 2.05) is 6.92 Å². The number of hydrogen-bond donors (Lipinski definition) is 1. The largest absolute Gasteiger partial charge is 0.507 e. The molecule has 4 heteroatoms. The smallest absolute Gasteiger partial charge is 0.341 e. The van der Waals surface area contributed by atoms with Gasteiger partial charge in [0.1, 0.15) is 11.3 Å². The molecular weight excluding hydrogens is 248 g/mol. The molecule has 0 aromatic heterocycles. The topological polar surface area (TPSA) is 46.5 Å². The first kappa shape index (κ1) is 11.0. The number of ether oxygens (including phenoxy) is 1. The summed E-state index contributed by atoms with van der Waals surface area (Å²) in [5, 5.41) is 9.69. The van der Waals surface area contributed by atoms with Gasteiger partial charge in [-0.05, 0) is 24.1 Å². The molecule has 0 heterocycles. The monoisotopic (exact) mass is 258 g/mol. The zero-order valence-electron chi connectivity index (χ0n) is 8.00. The van der Waals surface area contributed by atoms with E-state index in [4.69, 9.17) is 0 Å². The second kappa shape index (κ2) is 4.46. The summed E-state index contributed by atoms with van der Waals surface area (Å²) in [4.78, 5) is 11.3. The first-order chi connectivity index (χ1) is 6.60. The van der Waals surface area contributed by atoms with Crippen molar-refractivity contribution < 1.29 is 14.6 Å². The van der Waals surface area contributed by atoms with E-state index in [0.717, 1.165) is 10.0 Å². The molecule has 0 fully saturated rings. The van der Waals surface area contributed by atoms with Crippen LogP contribution in [0.15, 0.2) is 16.6 Å². The second-order valence-electron chi connectivity index (χ2n) is 2.81. The minimum atomic E-state index is -0.529. The lowest BCUT2D eigenvalue weighted by Gasteiger charge is -2.07. The predicted octanol–water partition coefficient (Wildman–Crippen LogP) is 2.50. The van der Waals surface area contributed by atoms with Gasteiger partial charge in [0.15, 0.2) is 0 Å². The number of halogens is 1. The Labute approximate surface area is 90.8 Å². The highest BCUT2D eigenvalue weighted by Crippen LogP contribution is 2.28. The number of aromatic hydroxyl groups is 1. The summed E-state index contributed by atoms with van der Waals surface area (Å²) in [6.45, 7) is 1.91. The van der Waals surface area contributed by atoms with Gasteiger partial charge in [-0.15, -0.1) is 0 Å². The summed E-state index contributed by atoms with van der Waals surface area (Å²) >= 11 is 3.27. The van der Waals surface area contributed by atoms with Crippen LogP contribution in [0.2, 0.25) is 0 Å². The summed E-state index contributed by atoms with van der Waals surface area (Å²) in [6, 6.07) is 3.32. The van der Waals surface area contributed by atoms with Gasteiger partial charge in [0.2, 0.25) is 0 Å². The fourth-order valence-electron chi connectivity index (χ4n) is 1.19. The van der Waals surface area contributed by atoms with Crippen LogP contribution in [0.5, 0.6) is 5.75 Å². The SMILES string of the molecule is CCc1cc(Br)cc(C(=O)OC)c1O. The van der Waals surface area contributed by atoms with Crippen molar-refractivity contribution in [3.05, 3.63) is 27.7 Å². The average molecular weight is 259 g/mol. The number of aryl methyl sites for hydroxylation is 1. The van der Waals surface area contributed by atoms with Gasteiger partial charge in [-0.1, -0.05) is 22.9 Å². The maximum atomic E-state index is 11.3. The molecule has 0 saturated heterocycles. The number of benzene rings is 1. The number of phenolic OH excluding ortho intramolecular Hbond substituents is 1. The molecule has 1 aromatic carbocycles. The van der Waals surface area contributed by atoms with E-state index in [0.29, 0.717) is 6.42 Å². The van der Waals surface area contributed by atoms with E-state index in [-0.39, 0.29) is 11.3 Å². The summed E-state index contributed by atoms with van der Waals surface area (Å²) in [6.07, 6.45) is 0.662. The number of hydrogen-bond acceptors (Lipinski definition) is 3. The summed E-state index contributed by atoms with van der Waals surface area (Å²) in [5.41, 5.74) is 0.915. The molecule has 0 atom stereocenters. The Hall–Kier alpha value is -1.03. The van der Waals surface area contributed by atoms with Crippen LogP contribution in [0.1, 0.15) is 22.8 Å². The third-order valence-electron chi connectivity index (χ3n) is 1.94. The van der Waals surface area contributed by atoms with Crippen LogP contribution in [0.3, 0.4) is 0 Å². The molecule has 1 rings (SSSR count). The number of rotatable bonds is 2. The van der Waals surface area contributed by atoms with Crippen molar-refractivity contribution in [2.24, 2.45) is 0 Å². The fourth-order valence-corrected chi connectivity index (χ4v) is 1.70. The van der Waals surface area contributed by atoms with Crippen LogP contribution in [-0.4, -0.2) is 18.2 Å². The molecule has 0 saturated carbocycles. The first-order valence-electron chi connectivity index (χ1n) is 4.19. The summed E-state index contributed by atoms with van der Waals surface area (Å²) < 4.78 is 5.31. The average Bonchev–Trinajstić information content (AvgIpc) is 2.19. The predicted molar refractivity (Wildman–Crippen MR) is 56.5 cm³/mol. The van der Waals surface area contributed by atoms with Crippen molar-refractivity contribution in [3.8, 4) is 5.75 Å². The Morgan fingerprint density at radius 3 is 2.71 bits per heavy atom. The number of esters is 1. The van der Waals surface area contributed by atoms with Gasteiger partial charge in [-0.2, -0.15) is 0 Å². The van der Waals surface area contributed by atoms with Crippen LogP contribution in [0.25, 0.3) is 0 Å². The Morgan fingerprint density at radius 1 is 1.57 bits per heavy atom. The van der Waals surface area contributed by atoms with Crippen LogP contribution in [-0.2, 0) is 11.2 Å². The third kappa shape index (κ3) is 2.07. The summed E-state index contributed by atoms with van der Waals surface area (Å²) in [5.74, 6) is -0.527. The molecule has 14 heavy (non-hydrogen) atoms. The quantitative estimate of drug-likeness (QED) is 0.830. The number of carbonyl (C=O) groups excluding carboxylic acids is 1. The van der Waals surface area contributed by atoms with E-state index in [9.17, 15) is 9.90 Å². The first-order valence-corrected chi connectivity index (χ1v) is 4.99. The minimum absolute atomic E-state index is 0.00236. The minimum Gasteiger partial charge on any atom is -0.507 e. The molecule has 3 nitrogen and oxygen atoms in total. The normalized spacial score (nSPS) is 9.93. The molecule has 76 valence electrons. The van der Waals surface area contributed by atoms with E-state index in [1.165, 1.54) is 7.11 Å². The third-order valence-corrected chi connectivity index (χ3v) is 2.40. The molecule has 1 aromatic rings. The lowest BCUT2D eigenvalue weighted by atomic mass is 10.1. The van der Waals surface area contributed by atoms with Crippen LogP contribution in [0, 0.1) is 0 Å². The highest BCUT2D eigenvalue weighted by atomic mass is 79.9. The molecule has 0 aliphatic rings. The van der Waals surface area contributed by atoms with Crippen LogP contribution < -0.4 is 0 Å². The lowest BCUT2D eigenvalue weighted by Crippen LogP contribution is -2.03. The highest BCUT2D eigenvalue weighted by molar-refractivity contribution is 9.10. The maximum Gasteiger partial charge on any atom is 0.341 e. The van der Waals surface area contributed by atoms with Crippen molar-refractivity contribution >= 4 is 21.9 Å². The van der Waals surface area contributed by atoms with E-state index in [2.05, 4.69) is 20.7 Å². The van der Waals surface area contributed by atoms with Crippen molar-refractivity contribution in [1.29, 1.82) is 0 Å². The van der Waals surface area contributed by atoms with Crippen LogP contribution >= 0.6 is 15.9 Å². The van der Waals surface area contributed by atoms with E-state index in [1.54, 1.807) is 12.1 Å². The molecule has 0 aliphatic carbocycles. The Balaban J connectivity index is 3.29. The number of methoxy groups -OCH3 is 1. The van der Waals surface area contributed by atoms with Gasteiger partial charge in [0.25, 0.3) is 0 Å². The fraction of sp³-hybridized carbons (Fsp3) is 0.300. The van der Waals surface area contributed by atoms with E-state index >= 15 is 0 Å². The van der Waals surface area contributed by atoms with Crippen LogP contribution in [0.4, 0.5) is 0 Å². The van der Waals surface area contributed by atoms with Gasteiger partial charge >= 0.3 is 5.97 Å². The van der Waals surface area contributed by atoms with Gasteiger partial charge in [0, 0.05) is 4.47 Å². The molecule has 0 unspecified atom stereocenters. The number of phenols is 1. The highest BCUT2D eigenvalue weighted by Gasteiger charge is 2.15. The van der Waals surface area contributed by atoms with Gasteiger partial charge < -0.3 is 9.84 Å². The Bertz CT molecular complexity index is 361. The maximum absolute atomic E-state index is 11.3. The molecule has 0 bridgehead atoms.